The van der Waals surface area contributed by atoms with E-state index in [1.54, 1.807) is 0 Å². The van der Waals surface area contributed by atoms with Crippen LogP contribution in [-0.2, 0) is 19.1 Å². The first-order valence-electron chi connectivity index (χ1n) is 13.6. The maximum Gasteiger partial charge on any atom is 0.305 e. The van der Waals surface area contributed by atoms with Gasteiger partial charge in [-0.25, -0.2) is 0 Å². The summed E-state index contributed by atoms with van der Waals surface area (Å²) in [6, 6.07) is 0. The lowest BCUT2D eigenvalue weighted by Gasteiger charge is -2.62. The average molecular weight is 463 g/mol. The maximum absolute atomic E-state index is 11.9. The van der Waals surface area contributed by atoms with Gasteiger partial charge in [0.15, 0.2) is 0 Å². The van der Waals surface area contributed by atoms with Gasteiger partial charge in [0.05, 0.1) is 12.7 Å². The predicted molar refractivity (Wildman–Crippen MR) is 127 cm³/mol. The molecule has 4 saturated carbocycles. The zero-order valence-electron chi connectivity index (χ0n) is 21.5. The summed E-state index contributed by atoms with van der Waals surface area (Å²) in [4.78, 5) is 23.4. The van der Waals surface area contributed by atoms with Crippen LogP contribution in [0.5, 0.6) is 0 Å². The van der Waals surface area contributed by atoms with E-state index in [1.807, 2.05) is 6.92 Å². The Hall–Kier alpha value is -1.10. The molecule has 0 bridgehead atoms. The molecule has 5 heteroatoms. The summed E-state index contributed by atoms with van der Waals surface area (Å²) in [6.07, 6.45) is 9.94. The lowest BCUT2D eigenvalue weighted by atomic mass is 9.43. The third kappa shape index (κ3) is 4.36. The second kappa shape index (κ2) is 9.51. The highest BCUT2D eigenvalue weighted by Gasteiger charge is 2.63. The minimum atomic E-state index is -0.275. The molecule has 4 aliphatic carbocycles. The lowest BCUT2D eigenvalue weighted by Crippen LogP contribution is -2.59. The number of rotatable bonds is 6. The van der Waals surface area contributed by atoms with Gasteiger partial charge < -0.3 is 14.6 Å². The molecule has 4 unspecified atom stereocenters. The summed E-state index contributed by atoms with van der Waals surface area (Å²) in [5.41, 5.74) is 0.197. The zero-order valence-corrected chi connectivity index (χ0v) is 21.5. The van der Waals surface area contributed by atoms with Gasteiger partial charge in [-0.3, -0.25) is 9.59 Å². The lowest BCUT2D eigenvalue weighted by molar-refractivity contribution is -0.181. The van der Waals surface area contributed by atoms with Crippen molar-refractivity contribution in [1.29, 1.82) is 0 Å². The molecule has 4 rings (SSSR count). The second-order valence-corrected chi connectivity index (χ2v) is 12.3. The fourth-order valence-electron chi connectivity index (χ4n) is 9.27. The van der Waals surface area contributed by atoms with Crippen molar-refractivity contribution in [2.45, 2.75) is 111 Å². The molecule has 0 aliphatic heterocycles. The van der Waals surface area contributed by atoms with E-state index in [-0.39, 0.29) is 35.0 Å². The first-order chi connectivity index (χ1) is 15.6. The van der Waals surface area contributed by atoms with Crippen molar-refractivity contribution >= 4 is 11.9 Å². The van der Waals surface area contributed by atoms with Crippen LogP contribution in [0.25, 0.3) is 0 Å². The topological polar surface area (TPSA) is 72.8 Å². The van der Waals surface area contributed by atoms with E-state index in [9.17, 15) is 14.7 Å². The van der Waals surface area contributed by atoms with E-state index in [1.165, 1.54) is 32.6 Å². The summed E-state index contributed by atoms with van der Waals surface area (Å²) in [5, 5.41) is 11.7. The summed E-state index contributed by atoms with van der Waals surface area (Å²) in [5.74, 6) is 3.06. The number of esters is 2. The molecule has 0 spiro atoms. The Morgan fingerprint density at radius 2 is 1.82 bits per heavy atom. The normalized spacial score (nSPS) is 45.3. The Labute approximate surface area is 200 Å². The van der Waals surface area contributed by atoms with Crippen molar-refractivity contribution in [2.75, 3.05) is 6.61 Å². The molecule has 1 N–H and O–H groups in total. The van der Waals surface area contributed by atoms with Crippen LogP contribution < -0.4 is 0 Å². The molecule has 5 nitrogen and oxygen atoms in total. The molecule has 0 radical (unpaired) electrons. The minimum Gasteiger partial charge on any atom is -0.466 e. The SMILES string of the molecule is CCOC(=O)CC[C@@H](C)C1CCC2C3CC[C@@H]4C[C@H](OC(C)=O)CC[C@]4(C)C3C[C@H](O)[C@@]21C. The number of aliphatic hydroxyl groups is 1. The number of hydrogen-bond acceptors (Lipinski definition) is 5. The Kier molecular flexibility index (Phi) is 7.21. The van der Waals surface area contributed by atoms with E-state index in [2.05, 4.69) is 20.8 Å². The minimum absolute atomic E-state index is 0.0482. The fraction of sp³-hybridized carbons (Fsp3) is 0.929. The number of ether oxygens (including phenoxy) is 2. The van der Waals surface area contributed by atoms with Gasteiger partial charge in [0.2, 0.25) is 0 Å². The molecule has 4 aliphatic rings. The summed E-state index contributed by atoms with van der Waals surface area (Å²) in [6.45, 7) is 10.9. The van der Waals surface area contributed by atoms with Crippen LogP contribution in [0.3, 0.4) is 0 Å². The smallest absolute Gasteiger partial charge is 0.305 e. The van der Waals surface area contributed by atoms with E-state index < -0.39 is 0 Å². The highest BCUT2D eigenvalue weighted by molar-refractivity contribution is 5.69. The molecule has 0 saturated heterocycles. The second-order valence-electron chi connectivity index (χ2n) is 12.3. The quantitative estimate of drug-likeness (QED) is 0.526. The first-order valence-corrected chi connectivity index (χ1v) is 13.6. The van der Waals surface area contributed by atoms with Crippen LogP contribution in [0.2, 0.25) is 0 Å². The standard InChI is InChI=1S/C28H46O5/c1-6-32-26(31)12-7-17(2)22-10-11-23-21-9-8-19-15-20(33-18(3)29)13-14-27(19,4)24(21)16-25(30)28(22,23)5/h17,19-25,30H,6-16H2,1-5H3/t17-,19-,20-,21?,22?,23?,24?,25+,27+,28-/m1/s1. The van der Waals surface area contributed by atoms with Gasteiger partial charge in [0, 0.05) is 13.3 Å². The molecule has 4 fully saturated rings. The van der Waals surface area contributed by atoms with Crippen LogP contribution in [0, 0.1) is 46.3 Å². The van der Waals surface area contributed by atoms with Gasteiger partial charge in [-0.05, 0) is 111 Å². The van der Waals surface area contributed by atoms with Gasteiger partial charge in [-0.2, -0.15) is 0 Å². The Morgan fingerprint density at radius 3 is 2.52 bits per heavy atom. The number of hydrogen-bond donors (Lipinski definition) is 1. The highest BCUT2D eigenvalue weighted by atomic mass is 16.5. The predicted octanol–water partition coefficient (Wildman–Crippen LogP) is 5.53. The van der Waals surface area contributed by atoms with E-state index in [0.29, 0.717) is 48.5 Å². The zero-order chi connectivity index (χ0) is 24.0. The number of carbonyl (C=O) groups excluding carboxylic acids is 2. The van der Waals surface area contributed by atoms with Crippen LogP contribution >= 0.6 is 0 Å². The van der Waals surface area contributed by atoms with Gasteiger partial charge in [0.25, 0.3) is 0 Å². The van der Waals surface area contributed by atoms with Gasteiger partial charge in [0.1, 0.15) is 6.10 Å². The molecule has 0 amide bonds. The summed E-state index contributed by atoms with van der Waals surface area (Å²) >= 11 is 0. The molecule has 0 aromatic rings. The number of fused-ring (bicyclic) bond motifs is 5. The number of carbonyl (C=O) groups is 2. The van der Waals surface area contributed by atoms with Crippen LogP contribution in [0.4, 0.5) is 0 Å². The van der Waals surface area contributed by atoms with Gasteiger partial charge >= 0.3 is 11.9 Å². The molecular formula is C28H46O5. The summed E-state index contributed by atoms with van der Waals surface area (Å²) < 4.78 is 10.8. The molecule has 0 heterocycles. The van der Waals surface area contributed by atoms with E-state index in [0.717, 1.165) is 32.1 Å². The van der Waals surface area contributed by atoms with Crippen molar-refractivity contribution in [2.24, 2.45) is 46.3 Å². The fourth-order valence-corrected chi connectivity index (χ4v) is 9.27. The van der Waals surface area contributed by atoms with Crippen molar-refractivity contribution < 1.29 is 24.2 Å². The molecule has 10 atom stereocenters. The van der Waals surface area contributed by atoms with Crippen molar-refractivity contribution in [3.63, 3.8) is 0 Å². The van der Waals surface area contributed by atoms with Gasteiger partial charge in [-0.15, -0.1) is 0 Å². The Balaban J connectivity index is 1.47. The Bertz CT molecular complexity index is 736. The van der Waals surface area contributed by atoms with Crippen molar-refractivity contribution in [3.05, 3.63) is 0 Å². The molecular weight excluding hydrogens is 416 g/mol. The third-order valence-electron chi connectivity index (χ3n) is 10.9. The van der Waals surface area contributed by atoms with Crippen LogP contribution in [-0.4, -0.2) is 35.9 Å². The molecule has 188 valence electrons. The van der Waals surface area contributed by atoms with E-state index in [4.69, 9.17) is 9.47 Å². The summed E-state index contributed by atoms with van der Waals surface area (Å²) in [7, 11) is 0. The van der Waals surface area contributed by atoms with Crippen LogP contribution in [0.1, 0.15) is 98.8 Å². The molecule has 33 heavy (non-hydrogen) atoms. The van der Waals surface area contributed by atoms with E-state index >= 15 is 0 Å². The highest BCUT2D eigenvalue weighted by Crippen LogP contribution is 2.68. The third-order valence-corrected chi connectivity index (χ3v) is 10.9. The monoisotopic (exact) mass is 462 g/mol. The molecule has 0 aromatic carbocycles. The van der Waals surface area contributed by atoms with Crippen LogP contribution in [0.15, 0.2) is 0 Å². The average Bonchev–Trinajstić information content (AvgIpc) is 3.12. The Morgan fingerprint density at radius 1 is 1.06 bits per heavy atom. The van der Waals surface area contributed by atoms with Crippen molar-refractivity contribution in [1.82, 2.24) is 0 Å². The first kappa shape index (κ1) is 25.0. The largest absolute Gasteiger partial charge is 0.466 e. The number of aliphatic hydroxyl groups excluding tert-OH is 1. The van der Waals surface area contributed by atoms with Crippen molar-refractivity contribution in [3.8, 4) is 0 Å². The van der Waals surface area contributed by atoms with Gasteiger partial charge in [-0.1, -0.05) is 20.8 Å². The maximum atomic E-state index is 11.9. The molecule has 0 aromatic heterocycles.